The molecule has 1 aliphatic rings. The predicted molar refractivity (Wildman–Crippen MR) is 106 cm³/mol. The van der Waals surface area contributed by atoms with Gasteiger partial charge in [0, 0.05) is 28.8 Å². The number of anilines is 1. The standard InChI is InChI=1S/C21H20BrNO2/c1-3-23(4-2)19-11-5-15(6-12-19)13-17-14-20(25-21(17)24)16-7-9-18(22)10-8-16/h5-14H,3-4H2,1-2H3/b17-13-. The minimum Gasteiger partial charge on any atom is -0.422 e. The zero-order valence-corrected chi connectivity index (χ0v) is 15.9. The number of halogens is 1. The second-order valence-electron chi connectivity index (χ2n) is 5.77. The molecule has 0 aliphatic carbocycles. The topological polar surface area (TPSA) is 29.5 Å². The summed E-state index contributed by atoms with van der Waals surface area (Å²) < 4.78 is 6.39. The highest BCUT2D eigenvalue weighted by Crippen LogP contribution is 2.28. The lowest BCUT2D eigenvalue weighted by molar-refractivity contribution is -0.130. The van der Waals surface area contributed by atoms with Crippen molar-refractivity contribution in [2.24, 2.45) is 0 Å². The zero-order valence-electron chi connectivity index (χ0n) is 14.3. The maximum absolute atomic E-state index is 12.1. The molecule has 0 saturated carbocycles. The summed E-state index contributed by atoms with van der Waals surface area (Å²) in [6.45, 7) is 6.23. The molecule has 1 aliphatic heterocycles. The van der Waals surface area contributed by atoms with Crippen molar-refractivity contribution in [2.75, 3.05) is 18.0 Å². The summed E-state index contributed by atoms with van der Waals surface area (Å²) in [6.07, 6.45) is 3.66. The molecule has 0 amide bonds. The molecular formula is C21H20BrNO2. The maximum Gasteiger partial charge on any atom is 0.343 e. The van der Waals surface area contributed by atoms with Gasteiger partial charge in [0.1, 0.15) is 5.76 Å². The number of ether oxygens (including phenoxy) is 1. The quantitative estimate of drug-likeness (QED) is 0.507. The second kappa shape index (κ2) is 7.70. The first-order valence-corrected chi connectivity index (χ1v) is 9.16. The molecule has 0 N–H and O–H groups in total. The van der Waals surface area contributed by atoms with Crippen LogP contribution in [0.2, 0.25) is 0 Å². The van der Waals surface area contributed by atoms with Crippen LogP contribution in [-0.2, 0) is 9.53 Å². The van der Waals surface area contributed by atoms with Gasteiger partial charge in [-0.2, -0.15) is 0 Å². The van der Waals surface area contributed by atoms with E-state index in [1.165, 1.54) is 5.69 Å². The van der Waals surface area contributed by atoms with E-state index in [9.17, 15) is 4.79 Å². The third-order valence-corrected chi connectivity index (χ3v) is 4.73. The van der Waals surface area contributed by atoms with Gasteiger partial charge >= 0.3 is 5.97 Å². The lowest BCUT2D eigenvalue weighted by atomic mass is 10.1. The first-order valence-electron chi connectivity index (χ1n) is 8.37. The fourth-order valence-electron chi connectivity index (χ4n) is 2.80. The number of carbonyl (C=O) groups is 1. The first kappa shape index (κ1) is 17.5. The molecule has 3 nitrogen and oxygen atoms in total. The Hall–Kier alpha value is -2.33. The van der Waals surface area contributed by atoms with Crippen LogP contribution in [0.3, 0.4) is 0 Å². The average molecular weight is 398 g/mol. The Bertz CT molecular complexity index is 816. The minimum absolute atomic E-state index is 0.314. The van der Waals surface area contributed by atoms with Crippen LogP contribution in [0, 0.1) is 0 Å². The second-order valence-corrected chi connectivity index (χ2v) is 6.68. The summed E-state index contributed by atoms with van der Waals surface area (Å²) in [4.78, 5) is 14.4. The van der Waals surface area contributed by atoms with Crippen LogP contribution < -0.4 is 4.90 Å². The molecule has 2 aromatic rings. The summed E-state index contributed by atoms with van der Waals surface area (Å²) in [5.74, 6) is 0.272. The smallest absolute Gasteiger partial charge is 0.343 e. The molecular weight excluding hydrogens is 378 g/mol. The van der Waals surface area contributed by atoms with Gasteiger partial charge in [-0.15, -0.1) is 0 Å². The van der Waals surface area contributed by atoms with E-state index in [4.69, 9.17) is 4.74 Å². The summed E-state index contributed by atoms with van der Waals surface area (Å²) >= 11 is 3.41. The third kappa shape index (κ3) is 4.02. The number of rotatable bonds is 5. The SMILES string of the molecule is CCN(CC)c1ccc(/C=C2/C=C(c3ccc(Br)cc3)OC2=O)cc1. The molecule has 0 fully saturated rings. The molecule has 3 rings (SSSR count). The number of carbonyl (C=O) groups excluding carboxylic acids is 1. The molecule has 1 heterocycles. The number of hydrogen-bond donors (Lipinski definition) is 0. The van der Waals surface area contributed by atoms with Gasteiger partial charge in [-0.25, -0.2) is 4.79 Å². The molecule has 0 radical (unpaired) electrons. The molecule has 128 valence electrons. The van der Waals surface area contributed by atoms with Crippen molar-refractivity contribution in [3.63, 3.8) is 0 Å². The van der Waals surface area contributed by atoms with Gasteiger partial charge < -0.3 is 9.64 Å². The fourth-order valence-corrected chi connectivity index (χ4v) is 3.06. The Balaban J connectivity index is 1.83. The van der Waals surface area contributed by atoms with Crippen LogP contribution in [0.25, 0.3) is 11.8 Å². The van der Waals surface area contributed by atoms with E-state index in [0.717, 1.165) is 28.7 Å². The van der Waals surface area contributed by atoms with E-state index in [-0.39, 0.29) is 5.97 Å². The van der Waals surface area contributed by atoms with E-state index in [2.05, 4.69) is 46.8 Å². The minimum atomic E-state index is -0.314. The van der Waals surface area contributed by atoms with Crippen molar-refractivity contribution in [2.45, 2.75) is 13.8 Å². The largest absolute Gasteiger partial charge is 0.422 e. The molecule has 25 heavy (non-hydrogen) atoms. The normalized spacial score (nSPS) is 15.2. The molecule has 0 bridgehead atoms. The van der Waals surface area contributed by atoms with Gasteiger partial charge in [0.2, 0.25) is 0 Å². The highest BCUT2D eigenvalue weighted by atomic mass is 79.9. The zero-order chi connectivity index (χ0) is 17.8. The summed E-state index contributed by atoms with van der Waals surface area (Å²) in [7, 11) is 0. The van der Waals surface area contributed by atoms with Crippen LogP contribution in [0.1, 0.15) is 25.0 Å². The molecule has 0 unspecified atom stereocenters. The lowest BCUT2D eigenvalue weighted by Crippen LogP contribution is -2.21. The van der Waals surface area contributed by atoms with Crippen molar-refractivity contribution in [3.8, 4) is 0 Å². The van der Waals surface area contributed by atoms with E-state index in [1.807, 2.05) is 42.5 Å². The summed E-state index contributed by atoms with van der Waals surface area (Å²) in [5.41, 5.74) is 3.62. The maximum atomic E-state index is 12.1. The van der Waals surface area contributed by atoms with E-state index in [1.54, 1.807) is 6.08 Å². The molecule has 2 aromatic carbocycles. The van der Waals surface area contributed by atoms with Crippen molar-refractivity contribution in [3.05, 3.63) is 75.8 Å². The average Bonchev–Trinajstić information content (AvgIpc) is 2.99. The predicted octanol–water partition coefficient (Wildman–Crippen LogP) is 5.28. The van der Waals surface area contributed by atoms with Crippen LogP contribution in [-0.4, -0.2) is 19.1 Å². The summed E-state index contributed by atoms with van der Waals surface area (Å²) in [6, 6.07) is 15.9. The van der Waals surface area contributed by atoms with Crippen LogP contribution in [0.15, 0.2) is 64.7 Å². The van der Waals surface area contributed by atoms with Crippen molar-refractivity contribution < 1.29 is 9.53 Å². The van der Waals surface area contributed by atoms with Gasteiger partial charge in [0.15, 0.2) is 0 Å². The Morgan fingerprint density at radius 2 is 1.64 bits per heavy atom. The number of esters is 1. The van der Waals surface area contributed by atoms with Crippen molar-refractivity contribution in [1.82, 2.24) is 0 Å². The lowest BCUT2D eigenvalue weighted by Gasteiger charge is -2.20. The number of hydrogen-bond acceptors (Lipinski definition) is 3. The molecule has 0 spiro atoms. The molecule has 0 saturated heterocycles. The highest BCUT2D eigenvalue weighted by molar-refractivity contribution is 9.10. The van der Waals surface area contributed by atoms with Gasteiger partial charge in [-0.1, -0.05) is 40.2 Å². The summed E-state index contributed by atoms with van der Waals surface area (Å²) in [5, 5.41) is 0. The van der Waals surface area contributed by atoms with Crippen molar-refractivity contribution in [1.29, 1.82) is 0 Å². The van der Waals surface area contributed by atoms with Crippen LogP contribution in [0.5, 0.6) is 0 Å². The van der Waals surface area contributed by atoms with Crippen LogP contribution >= 0.6 is 15.9 Å². The Labute approximate surface area is 156 Å². The number of benzene rings is 2. The monoisotopic (exact) mass is 397 g/mol. The van der Waals surface area contributed by atoms with Crippen molar-refractivity contribution >= 4 is 39.4 Å². The Morgan fingerprint density at radius 3 is 2.24 bits per heavy atom. The fraction of sp³-hybridized carbons (Fsp3) is 0.190. The molecule has 0 aromatic heterocycles. The first-order chi connectivity index (χ1) is 12.1. The highest BCUT2D eigenvalue weighted by Gasteiger charge is 2.21. The molecule has 4 heteroatoms. The van der Waals surface area contributed by atoms with Gasteiger partial charge in [-0.05, 0) is 55.8 Å². The van der Waals surface area contributed by atoms with Crippen LogP contribution in [0.4, 0.5) is 5.69 Å². The van der Waals surface area contributed by atoms with E-state index in [0.29, 0.717) is 11.3 Å². The van der Waals surface area contributed by atoms with Gasteiger partial charge in [-0.3, -0.25) is 0 Å². The van der Waals surface area contributed by atoms with Gasteiger partial charge in [0.05, 0.1) is 5.57 Å². The third-order valence-electron chi connectivity index (χ3n) is 4.20. The van der Waals surface area contributed by atoms with E-state index >= 15 is 0 Å². The number of cyclic esters (lactones) is 1. The number of nitrogens with zero attached hydrogens (tertiary/aromatic N) is 1. The Morgan fingerprint density at radius 1 is 1.00 bits per heavy atom. The van der Waals surface area contributed by atoms with Gasteiger partial charge in [0.25, 0.3) is 0 Å². The Kier molecular flexibility index (Phi) is 5.39. The molecule has 0 atom stereocenters. The van der Waals surface area contributed by atoms with E-state index < -0.39 is 0 Å².